The second-order valence-corrected chi connectivity index (χ2v) is 8.51. The Kier molecular flexibility index (Phi) is 5.01. The van der Waals surface area contributed by atoms with Gasteiger partial charge in [0, 0.05) is 19.7 Å². The lowest BCUT2D eigenvalue weighted by Gasteiger charge is -2.21. The van der Waals surface area contributed by atoms with Crippen molar-refractivity contribution in [2.45, 2.75) is 31.2 Å². The predicted molar refractivity (Wildman–Crippen MR) is 96.6 cm³/mol. The predicted octanol–water partition coefficient (Wildman–Crippen LogP) is 3.40. The average molecular weight is 361 g/mol. The highest BCUT2D eigenvalue weighted by Gasteiger charge is 2.23. The first-order valence-corrected chi connectivity index (χ1v) is 9.77. The van der Waals surface area contributed by atoms with Crippen molar-refractivity contribution >= 4 is 10.0 Å². The number of sulfonamides is 1. The molecule has 0 N–H and O–H groups in total. The maximum absolute atomic E-state index is 12.8. The van der Waals surface area contributed by atoms with Crippen molar-refractivity contribution in [2.75, 3.05) is 20.3 Å². The summed E-state index contributed by atoms with van der Waals surface area (Å²) in [5.74, 6) is 1.51. The standard InChI is InChI=1S/C19H23NO4S/c1-14(2)16-6-4-15(5-7-16)13-20(3)25(21,22)17-8-9-18-19(12-17)24-11-10-23-18/h4-9,12,14H,10-11,13H2,1-3H3. The number of hydrogen-bond donors (Lipinski definition) is 0. The molecule has 0 radical (unpaired) electrons. The summed E-state index contributed by atoms with van der Waals surface area (Å²) < 4.78 is 37.9. The Morgan fingerprint density at radius 2 is 1.64 bits per heavy atom. The minimum absolute atomic E-state index is 0.207. The lowest BCUT2D eigenvalue weighted by atomic mass is 10.0. The van der Waals surface area contributed by atoms with Gasteiger partial charge in [0.25, 0.3) is 0 Å². The molecule has 0 atom stereocenters. The van der Waals surface area contributed by atoms with Gasteiger partial charge in [-0.3, -0.25) is 0 Å². The molecule has 0 saturated carbocycles. The fourth-order valence-electron chi connectivity index (χ4n) is 2.71. The summed E-state index contributed by atoms with van der Waals surface area (Å²) in [5, 5.41) is 0. The molecule has 0 bridgehead atoms. The number of fused-ring (bicyclic) bond motifs is 1. The van der Waals surface area contributed by atoms with Crippen LogP contribution in [-0.2, 0) is 16.6 Å². The molecule has 1 aliphatic rings. The number of ether oxygens (including phenoxy) is 2. The van der Waals surface area contributed by atoms with Crippen molar-refractivity contribution < 1.29 is 17.9 Å². The third-order valence-corrected chi connectivity index (χ3v) is 6.07. The van der Waals surface area contributed by atoms with Crippen LogP contribution in [0.2, 0.25) is 0 Å². The third-order valence-electron chi connectivity index (χ3n) is 4.27. The molecule has 0 aromatic heterocycles. The highest BCUT2D eigenvalue weighted by molar-refractivity contribution is 7.89. The van der Waals surface area contributed by atoms with E-state index in [0.29, 0.717) is 37.2 Å². The molecule has 0 saturated heterocycles. The van der Waals surface area contributed by atoms with Gasteiger partial charge in [-0.15, -0.1) is 0 Å². The molecule has 134 valence electrons. The molecule has 0 amide bonds. The molecule has 5 nitrogen and oxygen atoms in total. The molecule has 0 fully saturated rings. The summed E-state index contributed by atoms with van der Waals surface area (Å²) in [7, 11) is -2.01. The summed E-state index contributed by atoms with van der Waals surface area (Å²) in [5.41, 5.74) is 2.19. The summed E-state index contributed by atoms with van der Waals surface area (Å²) in [6.07, 6.45) is 0. The van der Waals surface area contributed by atoms with Crippen LogP contribution >= 0.6 is 0 Å². The maximum atomic E-state index is 12.8. The van der Waals surface area contributed by atoms with Crippen LogP contribution < -0.4 is 9.47 Å². The van der Waals surface area contributed by atoms with Gasteiger partial charge in [0.1, 0.15) is 13.2 Å². The van der Waals surface area contributed by atoms with E-state index in [9.17, 15) is 8.42 Å². The molecule has 2 aromatic carbocycles. The van der Waals surface area contributed by atoms with E-state index in [1.165, 1.54) is 15.9 Å². The first-order valence-electron chi connectivity index (χ1n) is 8.33. The number of nitrogens with zero attached hydrogens (tertiary/aromatic N) is 1. The first-order chi connectivity index (χ1) is 11.9. The molecule has 2 aromatic rings. The number of benzene rings is 2. The average Bonchev–Trinajstić information content (AvgIpc) is 2.61. The molecular weight excluding hydrogens is 338 g/mol. The molecule has 0 aliphatic carbocycles. The summed E-state index contributed by atoms with van der Waals surface area (Å²) in [4.78, 5) is 0.207. The lowest BCUT2D eigenvalue weighted by molar-refractivity contribution is 0.171. The van der Waals surface area contributed by atoms with Gasteiger partial charge >= 0.3 is 0 Å². The molecule has 6 heteroatoms. The van der Waals surface area contributed by atoms with Gasteiger partial charge in [-0.2, -0.15) is 4.31 Å². The van der Waals surface area contributed by atoms with Crippen LogP contribution in [0.25, 0.3) is 0 Å². The van der Waals surface area contributed by atoms with E-state index in [1.54, 1.807) is 19.2 Å². The Labute approximate surface area is 149 Å². The van der Waals surface area contributed by atoms with Crippen molar-refractivity contribution in [1.82, 2.24) is 4.31 Å². The van der Waals surface area contributed by atoms with Crippen molar-refractivity contribution in [3.8, 4) is 11.5 Å². The largest absolute Gasteiger partial charge is 0.486 e. The Morgan fingerprint density at radius 3 is 2.28 bits per heavy atom. The Bertz CT molecular complexity index is 844. The normalized spacial score (nSPS) is 14.1. The second-order valence-electron chi connectivity index (χ2n) is 6.46. The molecule has 3 rings (SSSR count). The van der Waals surface area contributed by atoms with E-state index in [4.69, 9.17) is 9.47 Å². The molecule has 1 aliphatic heterocycles. The van der Waals surface area contributed by atoms with E-state index in [-0.39, 0.29) is 4.90 Å². The monoisotopic (exact) mass is 361 g/mol. The van der Waals surface area contributed by atoms with Gasteiger partial charge in [0.15, 0.2) is 11.5 Å². The fourth-order valence-corrected chi connectivity index (χ4v) is 3.89. The fraction of sp³-hybridized carbons (Fsp3) is 0.368. The molecule has 25 heavy (non-hydrogen) atoms. The number of rotatable bonds is 5. The van der Waals surface area contributed by atoms with Gasteiger partial charge in [0.05, 0.1) is 4.90 Å². The zero-order valence-corrected chi connectivity index (χ0v) is 15.5. The van der Waals surface area contributed by atoms with E-state index >= 15 is 0 Å². The summed E-state index contributed by atoms with van der Waals surface area (Å²) in [6.45, 7) is 5.48. The number of hydrogen-bond acceptors (Lipinski definition) is 4. The maximum Gasteiger partial charge on any atom is 0.243 e. The molecular formula is C19H23NO4S. The van der Waals surface area contributed by atoms with Gasteiger partial charge in [-0.25, -0.2) is 8.42 Å². The molecule has 0 spiro atoms. The zero-order chi connectivity index (χ0) is 18.0. The lowest BCUT2D eigenvalue weighted by Crippen LogP contribution is -2.26. The van der Waals surface area contributed by atoms with Crippen molar-refractivity contribution in [3.05, 3.63) is 53.6 Å². The second kappa shape index (κ2) is 7.06. The van der Waals surface area contributed by atoms with Crippen LogP contribution in [0.3, 0.4) is 0 Å². The van der Waals surface area contributed by atoms with Gasteiger partial charge in [-0.1, -0.05) is 38.1 Å². The van der Waals surface area contributed by atoms with E-state index in [1.807, 2.05) is 24.3 Å². The summed E-state index contributed by atoms with van der Waals surface area (Å²) in [6, 6.07) is 12.8. The van der Waals surface area contributed by atoms with E-state index < -0.39 is 10.0 Å². The smallest absolute Gasteiger partial charge is 0.243 e. The quantitative estimate of drug-likeness (QED) is 0.819. The van der Waals surface area contributed by atoms with Crippen molar-refractivity contribution in [3.63, 3.8) is 0 Å². The SMILES string of the molecule is CC(C)c1ccc(CN(C)S(=O)(=O)c2ccc3c(c2)OCCO3)cc1. The van der Waals surface area contributed by atoms with Crippen LogP contribution in [0.4, 0.5) is 0 Å². The highest BCUT2D eigenvalue weighted by atomic mass is 32.2. The first kappa shape index (κ1) is 17.8. The van der Waals surface area contributed by atoms with Crippen molar-refractivity contribution in [1.29, 1.82) is 0 Å². The minimum Gasteiger partial charge on any atom is -0.486 e. The minimum atomic E-state index is -3.60. The van der Waals surface area contributed by atoms with Crippen molar-refractivity contribution in [2.24, 2.45) is 0 Å². The van der Waals surface area contributed by atoms with Crippen LogP contribution in [0.1, 0.15) is 30.9 Å². The topological polar surface area (TPSA) is 55.8 Å². The van der Waals surface area contributed by atoms with Gasteiger partial charge in [-0.05, 0) is 29.2 Å². The van der Waals surface area contributed by atoms with E-state index in [2.05, 4.69) is 13.8 Å². The van der Waals surface area contributed by atoms with Crippen LogP contribution in [0, 0.1) is 0 Å². The highest BCUT2D eigenvalue weighted by Crippen LogP contribution is 2.33. The van der Waals surface area contributed by atoms with Gasteiger partial charge in [0.2, 0.25) is 10.0 Å². The Balaban J connectivity index is 1.79. The Hall–Kier alpha value is -2.05. The third kappa shape index (κ3) is 3.80. The van der Waals surface area contributed by atoms with Crippen LogP contribution in [0.5, 0.6) is 11.5 Å². The van der Waals surface area contributed by atoms with Crippen LogP contribution in [0.15, 0.2) is 47.4 Å². The van der Waals surface area contributed by atoms with Gasteiger partial charge < -0.3 is 9.47 Å². The van der Waals surface area contributed by atoms with E-state index in [0.717, 1.165) is 5.56 Å². The molecule has 0 unspecified atom stereocenters. The van der Waals surface area contributed by atoms with Crippen LogP contribution in [-0.4, -0.2) is 33.0 Å². The zero-order valence-electron chi connectivity index (χ0n) is 14.7. The Morgan fingerprint density at radius 1 is 1.00 bits per heavy atom. The summed E-state index contributed by atoms with van der Waals surface area (Å²) >= 11 is 0. The molecule has 1 heterocycles.